The summed E-state index contributed by atoms with van der Waals surface area (Å²) in [5, 5.41) is 2.80. The molecule has 2 heterocycles. The Bertz CT molecular complexity index is 759. The molecule has 5 nitrogen and oxygen atoms in total. The summed E-state index contributed by atoms with van der Waals surface area (Å²) in [5.41, 5.74) is 1.54. The summed E-state index contributed by atoms with van der Waals surface area (Å²) in [4.78, 5) is 20.1. The second-order valence-corrected chi connectivity index (χ2v) is 4.88. The van der Waals surface area contributed by atoms with Gasteiger partial charge in [0.2, 0.25) is 11.8 Å². The first-order chi connectivity index (χ1) is 11.3. The van der Waals surface area contributed by atoms with E-state index < -0.39 is 0 Å². The molecule has 0 spiro atoms. The van der Waals surface area contributed by atoms with Gasteiger partial charge in [0.15, 0.2) is 0 Å². The molecule has 0 aliphatic rings. The van der Waals surface area contributed by atoms with Crippen molar-refractivity contribution in [3.63, 3.8) is 0 Å². The number of carbonyl (C=O) groups is 1. The first-order valence-electron chi connectivity index (χ1n) is 7.17. The van der Waals surface area contributed by atoms with Gasteiger partial charge in [-0.05, 0) is 35.9 Å². The molecule has 1 amide bonds. The zero-order chi connectivity index (χ0) is 15.9. The van der Waals surface area contributed by atoms with Gasteiger partial charge in [-0.15, -0.1) is 0 Å². The number of para-hydroxylation sites is 1. The number of aromatic nitrogens is 2. The first-order valence-corrected chi connectivity index (χ1v) is 7.17. The molecule has 0 radical (unpaired) electrons. The van der Waals surface area contributed by atoms with Crippen LogP contribution in [-0.4, -0.2) is 15.9 Å². The van der Waals surface area contributed by atoms with E-state index in [4.69, 9.17) is 4.74 Å². The maximum absolute atomic E-state index is 12.0. The molecule has 0 aliphatic heterocycles. The molecule has 3 aromatic rings. The molecule has 0 fully saturated rings. The van der Waals surface area contributed by atoms with Crippen molar-refractivity contribution in [2.45, 2.75) is 6.42 Å². The largest absolute Gasteiger partial charge is 0.439 e. The van der Waals surface area contributed by atoms with E-state index in [-0.39, 0.29) is 5.91 Å². The molecule has 0 aliphatic carbocycles. The molecule has 0 unspecified atom stereocenters. The molecular formula is C18H15N3O2. The average molecular weight is 305 g/mol. The van der Waals surface area contributed by atoms with Crippen molar-refractivity contribution < 1.29 is 9.53 Å². The van der Waals surface area contributed by atoms with Gasteiger partial charge in [0, 0.05) is 18.5 Å². The summed E-state index contributed by atoms with van der Waals surface area (Å²) in [5.74, 6) is 1.09. The SMILES string of the molecule is O=C(Cc1ccncc1)Nc1ccc(Oc2ccccc2)nc1. The molecular weight excluding hydrogens is 290 g/mol. The third-order valence-electron chi connectivity index (χ3n) is 3.10. The van der Waals surface area contributed by atoms with Gasteiger partial charge >= 0.3 is 0 Å². The number of pyridine rings is 2. The highest BCUT2D eigenvalue weighted by Gasteiger charge is 2.05. The van der Waals surface area contributed by atoms with Gasteiger partial charge in [-0.2, -0.15) is 0 Å². The highest BCUT2D eigenvalue weighted by molar-refractivity contribution is 5.92. The zero-order valence-corrected chi connectivity index (χ0v) is 12.3. The van der Waals surface area contributed by atoms with Crippen LogP contribution in [0.15, 0.2) is 73.2 Å². The Balaban J connectivity index is 1.58. The van der Waals surface area contributed by atoms with Crippen molar-refractivity contribution in [1.29, 1.82) is 0 Å². The number of rotatable bonds is 5. The first kappa shape index (κ1) is 14.7. The van der Waals surface area contributed by atoms with E-state index in [2.05, 4.69) is 15.3 Å². The molecule has 3 rings (SSSR count). The molecule has 0 bridgehead atoms. The number of nitrogens with one attached hydrogen (secondary N) is 1. The fraction of sp³-hybridized carbons (Fsp3) is 0.0556. The molecule has 0 saturated carbocycles. The van der Waals surface area contributed by atoms with Crippen molar-refractivity contribution in [1.82, 2.24) is 9.97 Å². The fourth-order valence-electron chi connectivity index (χ4n) is 2.02. The number of benzene rings is 1. The van der Waals surface area contributed by atoms with Crippen molar-refractivity contribution >= 4 is 11.6 Å². The molecule has 1 N–H and O–H groups in total. The Hall–Kier alpha value is -3.21. The maximum atomic E-state index is 12.0. The van der Waals surface area contributed by atoms with Gasteiger partial charge in [0.1, 0.15) is 5.75 Å². The van der Waals surface area contributed by atoms with Gasteiger partial charge in [0.05, 0.1) is 18.3 Å². The molecule has 0 saturated heterocycles. The van der Waals surface area contributed by atoms with Crippen LogP contribution < -0.4 is 10.1 Å². The lowest BCUT2D eigenvalue weighted by atomic mass is 10.2. The second-order valence-electron chi connectivity index (χ2n) is 4.88. The molecule has 1 aromatic carbocycles. The van der Waals surface area contributed by atoms with Crippen LogP contribution in [0.2, 0.25) is 0 Å². The van der Waals surface area contributed by atoms with Crippen LogP contribution in [0, 0.1) is 0 Å². The highest BCUT2D eigenvalue weighted by atomic mass is 16.5. The third kappa shape index (κ3) is 4.38. The Labute approximate surface area is 134 Å². The lowest BCUT2D eigenvalue weighted by Crippen LogP contribution is -2.14. The summed E-state index contributed by atoms with van der Waals surface area (Å²) in [7, 11) is 0. The number of hydrogen-bond acceptors (Lipinski definition) is 4. The van der Waals surface area contributed by atoms with Crippen LogP contribution in [0.5, 0.6) is 11.6 Å². The summed E-state index contributed by atoms with van der Waals surface area (Å²) in [6.07, 6.45) is 5.20. The maximum Gasteiger partial charge on any atom is 0.228 e. The normalized spacial score (nSPS) is 10.1. The summed E-state index contributed by atoms with van der Waals surface area (Å²) in [6, 6.07) is 16.5. The topological polar surface area (TPSA) is 64.1 Å². The van der Waals surface area contributed by atoms with Gasteiger partial charge in [-0.3, -0.25) is 9.78 Å². The van der Waals surface area contributed by atoms with Crippen molar-refractivity contribution in [3.8, 4) is 11.6 Å². The van der Waals surface area contributed by atoms with E-state index in [1.165, 1.54) is 0 Å². The third-order valence-corrected chi connectivity index (χ3v) is 3.10. The zero-order valence-electron chi connectivity index (χ0n) is 12.3. The standard InChI is InChI=1S/C18H15N3O2/c22-17(12-14-8-10-19-11-9-14)21-15-6-7-18(20-13-15)23-16-4-2-1-3-5-16/h1-11,13H,12H2,(H,21,22). The van der Waals surface area contributed by atoms with E-state index in [0.29, 0.717) is 18.0 Å². The Morgan fingerprint density at radius 3 is 2.48 bits per heavy atom. The van der Waals surface area contributed by atoms with Crippen LogP contribution in [0.1, 0.15) is 5.56 Å². The lowest BCUT2D eigenvalue weighted by Gasteiger charge is -2.07. The number of amides is 1. The van der Waals surface area contributed by atoms with Gasteiger partial charge in [-0.1, -0.05) is 18.2 Å². The van der Waals surface area contributed by atoms with Crippen LogP contribution in [0.4, 0.5) is 5.69 Å². The second kappa shape index (κ2) is 7.17. The molecule has 5 heteroatoms. The fourth-order valence-corrected chi connectivity index (χ4v) is 2.02. The number of hydrogen-bond donors (Lipinski definition) is 1. The summed E-state index contributed by atoms with van der Waals surface area (Å²) < 4.78 is 5.60. The van der Waals surface area contributed by atoms with Crippen molar-refractivity contribution in [2.24, 2.45) is 0 Å². The molecule has 114 valence electrons. The van der Waals surface area contributed by atoms with E-state index >= 15 is 0 Å². The summed E-state index contributed by atoms with van der Waals surface area (Å²) in [6.45, 7) is 0. The highest BCUT2D eigenvalue weighted by Crippen LogP contribution is 2.19. The van der Waals surface area contributed by atoms with Crippen LogP contribution in [-0.2, 0) is 11.2 Å². The van der Waals surface area contributed by atoms with E-state index in [9.17, 15) is 4.79 Å². The minimum absolute atomic E-state index is 0.102. The quantitative estimate of drug-likeness (QED) is 0.784. The Morgan fingerprint density at radius 1 is 1.00 bits per heavy atom. The molecule has 0 atom stereocenters. The van der Waals surface area contributed by atoms with E-state index in [1.54, 1.807) is 30.7 Å². The van der Waals surface area contributed by atoms with Gasteiger partial charge in [-0.25, -0.2) is 4.98 Å². The van der Waals surface area contributed by atoms with E-state index in [1.807, 2.05) is 42.5 Å². The predicted molar refractivity (Wildman–Crippen MR) is 87.3 cm³/mol. The molecule has 23 heavy (non-hydrogen) atoms. The van der Waals surface area contributed by atoms with Crippen LogP contribution in [0.3, 0.4) is 0 Å². The van der Waals surface area contributed by atoms with Crippen molar-refractivity contribution in [3.05, 3.63) is 78.8 Å². The van der Waals surface area contributed by atoms with Crippen LogP contribution >= 0.6 is 0 Å². The number of nitrogens with zero attached hydrogens (tertiary/aromatic N) is 2. The lowest BCUT2D eigenvalue weighted by molar-refractivity contribution is -0.115. The monoisotopic (exact) mass is 305 g/mol. The summed E-state index contributed by atoms with van der Waals surface area (Å²) >= 11 is 0. The van der Waals surface area contributed by atoms with Crippen LogP contribution in [0.25, 0.3) is 0 Å². The average Bonchev–Trinajstić information content (AvgIpc) is 2.58. The van der Waals surface area contributed by atoms with Gasteiger partial charge < -0.3 is 10.1 Å². The minimum Gasteiger partial charge on any atom is -0.439 e. The minimum atomic E-state index is -0.102. The number of carbonyl (C=O) groups excluding carboxylic acids is 1. The van der Waals surface area contributed by atoms with E-state index in [0.717, 1.165) is 11.3 Å². The number of anilines is 1. The van der Waals surface area contributed by atoms with Crippen molar-refractivity contribution in [2.75, 3.05) is 5.32 Å². The number of ether oxygens (including phenoxy) is 1. The molecule has 2 aromatic heterocycles. The van der Waals surface area contributed by atoms with Gasteiger partial charge in [0.25, 0.3) is 0 Å². The Morgan fingerprint density at radius 2 is 1.78 bits per heavy atom. The predicted octanol–water partition coefficient (Wildman–Crippen LogP) is 3.45. The smallest absolute Gasteiger partial charge is 0.228 e. The Kier molecular flexibility index (Phi) is 4.59.